The third-order valence-electron chi connectivity index (χ3n) is 2.96. The number of nitrogens with zero attached hydrogens (tertiary/aromatic N) is 1. The Morgan fingerprint density at radius 2 is 1.62 bits per heavy atom. The quantitative estimate of drug-likeness (QED) is 0.319. The lowest BCUT2D eigenvalue weighted by molar-refractivity contribution is 0.0127. The molecule has 0 saturated heterocycles. The van der Waals surface area contributed by atoms with Gasteiger partial charge in [0.15, 0.2) is 6.19 Å². The topological polar surface area (TPSA) is 83.4 Å². The van der Waals surface area contributed by atoms with Gasteiger partial charge >= 0.3 is 6.09 Å². The molecule has 0 aromatic carbocycles. The molecule has 1 atom stereocenters. The maximum atomic E-state index is 12.3. The van der Waals surface area contributed by atoms with Crippen molar-refractivity contribution < 1.29 is 14.3 Å². The first-order valence-corrected chi connectivity index (χ1v) is 8.36. The second-order valence-electron chi connectivity index (χ2n) is 7.94. The zero-order chi connectivity index (χ0) is 19.0. The van der Waals surface area contributed by atoms with Crippen molar-refractivity contribution in [2.45, 2.75) is 85.0 Å². The summed E-state index contributed by atoms with van der Waals surface area (Å²) in [5.74, 6) is 0.670. The average molecular weight is 339 g/mol. The van der Waals surface area contributed by atoms with E-state index in [9.17, 15) is 4.79 Å². The number of allylic oxidation sites excluding steroid dienone is 1. The van der Waals surface area contributed by atoms with E-state index in [1.54, 1.807) is 0 Å². The molecule has 0 spiro atoms. The summed E-state index contributed by atoms with van der Waals surface area (Å²) in [7, 11) is 0. The number of hydrogen-bond donors (Lipinski definition) is 2. The average Bonchev–Trinajstić information content (AvgIpc) is 2.34. The highest BCUT2D eigenvalue weighted by Crippen LogP contribution is 2.27. The smallest absolute Gasteiger partial charge is 0.408 e. The van der Waals surface area contributed by atoms with Gasteiger partial charge in [-0.05, 0) is 67.4 Å². The number of carbonyl (C=O) groups excluding carboxylic acids is 1. The molecule has 0 aromatic heterocycles. The Kier molecular flexibility index (Phi) is 8.12. The molecule has 0 radical (unpaired) electrons. The van der Waals surface area contributed by atoms with Crippen LogP contribution in [0.2, 0.25) is 0 Å². The number of amides is 1. The summed E-state index contributed by atoms with van der Waals surface area (Å²) in [5.41, 5.74) is -1.77. The van der Waals surface area contributed by atoms with Gasteiger partial charge in [0.1, 0.15) is 17.0 Å². The van der Waals surface area contributed by atoms with E-state index in [0.717, 1.165) is 6.42 Å². The van der Waals surface area contributed by atoms with Crippen molar-refractivity contribution in [2.75, 3.05) is 6.54 Å². The van der Waals surface area contributed by atoms with Crippen LogP contribution in [0, 0.1) is 11.5 Å². The van der Waals surface area contributed by atoms with Crippen LogP contribution < -0.4 is 10.6 Å². The van der Waals surface area contributed by atoms with Gasteiger partial charge in [-0.1, -0.05) is 6.92 Å². The molecular formula is C18H33N3O3. The number of hydrogen-bond acceptors (Lipinski definition) is 5. The first-order chi connectivity index (χ1) is 10.8. The van der Waals surface area contributed by atoms with Crippen LogP contribution in [0.15, 0.2) is 11.8 Å². The van der Waals surface area contributed by atoms with Gasteiger partial charge in [-0.2, -0.15) is 5.26 Å². The Balaban J connectivity index is 5.46. The number of carbonyl (C=O) groups is 1. The van der Waals surface area contributed by atoms with Gasteiger partial charge in [-0.25, -0.2) is 4.79 Å². The summed E-state index contributed by atoms with van der Waals surface area (Å²) in [4.78, 5) is 12.3. The van der Waals surface area contributed by atoms with Gasteiger partial charge in [0, 0.05) is 6.54 Å². The number of rotatable bonds is 7. The minimum absolute atomic E-state index is 0.402. The lowest BCUT2D eigenvalue weighted by Crippen LogP contribution is -2.52. The van der Waals surface area contributed by atoms with Crippen LogP contribution in [0.4, 0.5) is 4.79 Å². The van der Waals surface area contributed by atoms with E-state index in [1.165, 1.54) is 0 Å². The number of ether oxygens (including phenoxy) is 2. The third-order valence-corrected chi connectivity index (χ3v) is 2.96. The van der Waals surface area contributed by atoms with E-state index < -0.39 is 22.8 Å². The molecule has 0 bridgehead atoms. The van der Waals surface area contributed by atoms with Gasteiger partial charge in [-0.15, -0.1) is 0 Å². The van der Waals surface area contributed by atoms with Gasteiger partial charge in [0.25, 0.3) is 0 Å². The highest BCUT2D eigenvalue weighted by atomic mass is 16.6. The normalized spacial score (nSPS) is 15.0. The van der Waals surface area contributed by atoms with Crippen LogP contribution in [0.1, 0.15) is 68.2 Å². The van der Waals surface area contributed by atoms with Crippen LogP contribution >= 0.6 is 0 Å². The van der Waals surface area contributed by atoms with E-state index in [1.807, 2.05) is 67.7 Å². The highest BCUT2D eigenvalue weighted by molar-refractivity contribution is 5.69. The summed E-state index contributed by atoms with van der Waals surface area (Å²) in [6.07, 6.45) is 4.59. The summed E-state index contributed by atoms with van der Waals surface area (Å²) in [6.45, 7) is 15.6. The van der Waals surface area contributed by atoms with Crippen LogP contribution in [0.25, 0.3) is 0 Å². The molecule has 2 N–H and O–H groups in total. The Hall–Kier alpha value is -1.90. The zero-order valence-corrected chi connectivity index (χ0v) is 16.4. The van der Waals surface area contributed by atoms with Crippen LogP contribution in [0.5, 0.6) is 0 Å². The Morgan fingerprint density at radius 1 is 1.08 bits per heavy atom. The van der Waals surface area contributed by atoms with E-state index >= 15 is 0 Å². The van der Waals surface area contributed by atoms with Crippen molar-refractivity contribution in [3.8, 4) is 6.19 Å². The lowest BCUT2D eigenvalue weighted by atomic mass is 9.93. The molecule has 0 aromatic rings. The minimum atomic E-state index is -0.782. The van der Waals surface area contributed by atoms with Gasteiger partial charge < -0.3 is 20.1 Å². The molecule has 1 amide bonds. The van der Waals surface area contributed by atoms with E-state index in [2.05, 4.69) is 10.6 Å². The number of nitriles is 1. The molecule has 24 heavy (non-hydrogen) atoms. The third kappa shape index (κ3) is 9.29. The second-order valence-corrected chi connectivity index (χ2v) is 7.94. The standard InChI is InChI=1S/C18H33N3O3/c1-9-10-14(23-16(2,3)4)18(8,11-12-20-13-19)21-15(22)24-17(5,6)7/h10,20H,9,11-12H2,1-8H3,(H,21,22)/b14-10+. The number of nitrogens with one attached hydrogen (secondary N) is 2. The largest absolute Gasteiger partial charge is 0.490 e. The van der Waals surface area contributed by atoms with Crippen molar-refractivity contribution in [1.82, 2.24) is 10.6 Å². The summed E-state index contributed by atoms with van der Waals surface area (Å²) < 4.78 is 11.5. The molecule has 1 unspecified atom stereocenters. The van der Waals surface area contributed by atoms with Gasteiger partial charge in [-0.3, -0.25) is 0 Å². The van der Waals surface area contributed by atoms with Crippen molar-refractivity contribution in [1.29, 1.82) is 5.26 Å². The summed E-state index contributed by atoms with van der Waals surface area (Å²) in [6, 6.07) is 0. The fraction of sp³-hybridized carbons (Fsp3) is 0.778. The molecule has 6 heteroatoms. The molecule has 0 aliphatic rings. The zero-order valence-electron chi connectivity index (χ0n) is 16.4. The maximum absolute atomic E-state index is 12.3. The van der Waals surface area contributed by atoms with Crippen molar-refractivity contribution in [2.24, 2.45) is 0 Å². The lowest BCUT2D eigenvalue weighted by Gasteiger charge is -2.37. The van der Waals surface area contributed by atoms with Crippen LogP contribution in [-0.4, -0.2) is 29.4 Å². The molecule has 0 fully saturated rings. The van der Waals surface area contributed by atoms with Crippen LogP contribution in [-0.2, 0) is 9.47 Å². The van der Waals surface area contributed by atoms with Crippen molar-refractivity contribution in [3.05, 3.63) is 11.8 Å². The molecule has 0 rings (SSSR count). The molecule has 0 saturated carbocycles. The van der Waals surface area contributed by atoms with E-state index in [4.69, 9.17) is 14.7 Å². The van der Waals surface area contributed by atoms with Gasteiger partial charge in [0.2, 0.25) is 0 Å². The summed E-state index contributed by atoms with van der Waals surface area (Å²) in [5, 5.41) is 14.2. The highest BCUT2D eigenvalue weighted by Gasteiger charge is 2.35. The SMILES string of the molecule is CC/C=C(/OC(C)(C)C)C(C)(CCNC#N)NC(=O)OC(C)(C)C. The maximum Gasteiger partial charge on any atom is 0.408 e. The monoisotopic (exact) mass is 339 g/mol. The molecule has 0 aliphatic carbocycles. The predicted molar refractivity (Wildman–Crippen MR) is 95.2 cm³/mol. The predicted octanol–water partition coefficient (Wildman–Crippen LogP) is 3.84. The molecule has 138 valence electrons. The van der Waals surface area contributed by atoms with Crippen molar-refractivity contribution in [3.63, 3.8) is 0 Å². The first-order valence-electron chi connectivity index (χ1n) is 8.36. The fourth-order valence-corrected chi connectivity index (χ4v) is 2.04. The molecule has 0 heterocycles. The second kappa shape index (κ2) is 8.81. The molecule has 6 nitrogen and oxygen atoms in total. The van der Waals surface area contributed by atoms with E-state index in [-0.39, 0.29) is 0 Å². The Bertz CT molecular complexity index is 481. The Morgan fingerprint density at radius 3 is 2.04 bits per heavy atom. The summed E-state index contributed by atoms with van der Waals surface area (Å²) >= 11 is 0. The minimum Gasteiger partial charge on any atom is -0.490 e. The van der Waals surface area contributed by atoms with Crippen molar-refractivity contribution >= 4 is 6.09 Å². The fourth-order valence-electron chi connectivity index (χ4n) is 2.04. The van der Waals surface area contributed by atoms with Gasteiger partial charge in [0.05, 0.1) is 5.54 Å². The van der Waals surface area contributed by atoms with E-state index in [0.29, 0.717) is 18.7 Å². The molecular weight excluding hydrogens is 306 g/mol. The molecule has 0 aliphatic heterocycles. The first kappa shape index (κ1) is 22.1. The number of alkyl carbamates (subject to hydrolysis) is 1. The Labute approximate surface area is 146 Å². The van der Waals surface area contributed by atoms with Crippen LogP contribution in [0.3, 0.4) is 0 Å².